The van der Waals surface area contributed by atoms with E-state index in [1.165, 1.54) is 11.9 Å². The number of benzene rings is 2. The molecule has 1 atom stereocenters. The molecule has 0 saturated carbocycles. The molecule has 0 heterocycles. The van der Waals surface area contributed by atoms with Crippen molar-refractivity contribution in [3.8, 4) is 0 Å². The van der Waals surface area contributed by atoms with E-state index >= 15 is 0 Å². The number of anilines is 1. The summed E-state index contributed by atoms with van der Waals surface area (Å²) < 4.78 is 26.5. The predicted molar refractivity (Wildman–Crippen MR) is 122 cm³/mol. The van der Waals surface area contributed by atoms with Crippen LogP contribution in [0.1, 0.15) is 12.5 Å². The van der Waals surface area contributed by atoms with Crippen molar-refractivity contribution < 1.29 is 18.0 Å². The lowest BCUT2D eigenvalue weighted by Gasteiger charge is -2.31. The zero-order chi connectivity index (χ0) is 22.5. The first kappa shape index (κ1) is 24.2. The van der Waals surface area contributed by atoms with Gasteiger partial charge in [0.1, 0.15) is 12.6 Å². The van der Waals surface area contributed by atoms with Crippen molar-refractivity contribution in [2.75, 3.05) is 24.2 Å². The molecule has 1 N–H and O–H groups in total. The number of nitrogens with one attached hydrogen (secondary N) is 1. The van der Waals surface area contributed by atoms with Crippen LogP contribution in [0.2, 0.25) is 5.02 Å². The Hall–Kier alpha value is -2.10. The van der Waals surface area contributed by atoms with Crippen molar-refractivity contribution in [3.63, 3.8) is 0 Å². The Bertz CT molecular complexity index is 1030. The van der Waals surface area contributed by atoms with E-state index in [-0.39, 0.29) is 12.5 Å². The first-order chi connectivity index (χ1) is 14.0. The topological polar surface area (TPSA) is 86.8 Å². The second-order valence-electron chi connectivity index (χ2n) is 6.69. The van der Waals surface area contributed by atoms with Crippen molar-refractivity contribution in [2.45, 2.75) is 19.5 Å². The van der Waals surface area contributed by atoms with E-state index in [9.17, 15) is 18.0 Å². The van der Waals surface area contributed by atoms with Gasteiger partial charge in [-0.1, -0.05) is 45.7 Å². The summed E-state index contributed by atoms with van der Waals surface area (Å²) in [5, 5.41) is 3.02. The third-order valence-corrected chi connectivity index (χ3v) is 6.30. The quantitative estimate of drug-likeness (QED) is 0.584. The van der Waals surface area contributed by atoms with Gasteiger partial charge in [0, 0.05) is 23.1 Å². The summed E-state index contributed by atoms with van der Waals surface area (Å²) in [5.41, 5.74) is 1.07. The summed E-state index contributed by atoms with van der Waals surface area (Å²) in [5.74, 6) is -0.879. The van der Waals surface area contributed by atoms with Crippen LogP contribution in [0.15, 0.2) is 53.0 Å². The van der Waals surface area contributed by atoms with Crippen molar-refractivity contribution in [1.82, 2.24) is 10.2 Å². The highest BCUT2D eigenvalue weighted by atomic mass is 79.9. The zero-order valence-corrected chi connectivity index (χ0v) is 20.0. The van der Waals surface area contributed by atoms with E-state index in [1.54, 1.807) is 55.5 Å². The molecule has 2 rings (SSSR count). The van der Waals surface area contributed by atoms with Gasteiger partial charge in [-0.15, -0.1) is 0 Å². The molecule has 7 nitrogen and oxygen atoms in total. The van der Waals surface area contributed by atoms with Crippen LogP contribution >= 0.6 is 27.5 Å². The normalized spacial score (nSPS) is 12.2. The van der Waals surface area contributed by atoms with Gasteiger partial charge < -0.3 is 10.2 Å². The van der Waals surface area contributed by atoms with Crippen LogP contribution in [0, 0.1) is 0 Å². The molecule has 0 bridgehead atoms. The number of hydrogen-bond acceptors (Lipinski definition) is 4. The molecule has 0 saturated heterocycles. The third-order valence-electron chi connectivity index (χ3n) is 4.43. The zero-order valence-electron chi connectivity index (χ0n) is 16.8. The molecule has 30 heavy (non-hydrogen) atoms. The molecule has 162 valence electrons. The molecule has 0 unspecified atom stereocenters. The molecular formula is C20H23BrClN3O4S. The lowest BCUT2D eigenvalue weighted by Crippen LogP contribution is -2.50. The minimum atomic E-state index is -3.75. The van der Waals surface area contributed by atoms with Crippen LogP contribution in [0.4, 0.5) is 5.69 Å². The van der Waals surface area contributed by atoms with E-state index in [0.29, 0.717) is 15.2 Å². The van der Waals surface area contributed by atoms with E-state index in [2.05, 4.69) is 21.2 Å². The molecule has 0 aromatic heterocycles. The molecule has 0 aliphatic carbocycles. The highest BCUT2D eigenvalue weighted by Gasteiger charge is 2.29. The molecule has 2 aromatic carbocycles. The van der Waals surface area contributed by atoms with Crippen LogP contribution in [-0.4, -0.2) is 51.0 Å². The van der Waals surface area contributed by atoms with Crippen molar-refractivity contribution in [3.05, 3.63) is 63.6 Å². The molecule has 0 radical (unpaired) electrons. The van der Waals surface area contributed by atoms with E-state index in [4.69, 9.17) is 11.6 Å². The summed E-state index contributed by atoms with van der Waals surface area (Å²) in [6, 6.07) is 12.8. The van der Waals surface area contributed by atoms with Gasteiger partial charge in [-0.05, 0) is 42.8 Å². The standard InChI is InChI=1S/C20H23BrClN3O4S/c1-14(20(27)23-2)24(12-15-6-4-8-17(22)10-15)19(26)13-25(30(3,28)29)18-9-5-7-16(21)11-18/h4-11,14H,12-13H2,1-3H3,(H,23,27)/t14-/m1/s1. The molecule has 10 heteroatoms. The van der Waals surface area contributed by atoms with Crippen LogP contribution in [0.3, 0.4) is 0 Å². The van der Waals surface area contributed by atoms with Gasteiger partial charge in [-0.25, -0.2) is 8.42 Å². The molecule has 2 aromatic rings. The van der Waals surface area contributed by atoms with E-state index in [0.717, 1.165) is 16.1 Å². The Morgan fingerprint density at radius 2 is 1.83 bits per heavy atom. The van der Waals surface area contributed by atoms with E-state index in [1.807, 2.05) is 0 Å². The molecule has 2 amide bonds. The van der Waals surface area contributed by atoms with Gasteiger partial charge in [0.2, 0.25) is 21.8 Å². The summed E-state index contributed by atoms with van der Waals surface area (Å²) >= 11 is 9.35. The minimum Gasteiger partial charge on any atom is -0.357 e. The number of sulfonamides is 1. The lowest BCUT2D eigenvalue weighted by molar-refractivity contribution is -0.139. The smallest absolute Gasteiger partial charge is 0.244 e. The Morgan fingerprint density at radius 3 is 2.40 bits per heavy atom. The third kappa shape index (κ3) is 6.45. The largest absolute Gasteiger partial charge is 0.357 e. The summed E-state index contributed by atoms with van der Waals surface area (Å²) in [6.45, 7) is 1.24. The first-order valence-corrected chi connectivity index (χ1v) is 12.0. The lowest BCUT2D eigenvalue weighted by atomic mass is 10.1. The van der Waals surface area contributed by atoms with Crippen molar-refractivity contribution in [2.24, 2.45) is 0 Å². The van der Waals surface area contributed by atoms with Gasteiger partial charge in [-0.2, -0.15) is 0 Å². The Kier molecular flexibility index (Phi) is 8.28. The fourth-order valence-electron chi connectivity index (χ4n) is 2.87. The number of carbonyl (C=O) groups is 2. The molecule has 0 spiro atoms. The number of rotatable bonds is 8. The molecule has 0 aliphatic rings. The minimum absolute atomic E-state index is 0.101. The highest BCUT2D eigenvalue weighted by molar-refractivity contribution is 9.10. The SMILES string of the molecule is CNC(=O)[C@@H](C)N(Cc1cccc(Cl)c1)C(=O)CN(c1cccc(Br)c1)S(C)(=O)=O. The number of halogens is 2. The summed E-state index contributed by atoms with van der Waals surface area (Å²) in [7, 11) is -2.27. The van der Waals surface area contributed by atoms with Crippen LogP contribution in [0.25, 0.3) is 0 Å². The van der Waals surface area contributed by atoms with Crippen molar-refractivity contribution >= 4 is 55.1 Å². The maximum atomic E-state index is 13.2. The summed E-state index contributed by atoms with van der Waals surface area (Å²) in [6.07, 6.45) is 1.03. The molecule has 0 aliphatic heterocycles. The maximum Gasteiger partial charge on any atom is 0.244 e. The van der Waals surface area contributed by atoms with E-state index < -0.39 is 28.5 Å². The number of nitrogens with zero attached hydrogens (tertiary/aromatic N) is 2. The highest BCUT2D eigenvalue weighted by Crippen LogP contribution is 2.23. The number of hydrogen-bond donors (Lipinski definition) is 1. The predicted octanol–water partition coefficient (Wildman–Crippen LogP) is 3.03. The average molecular weight is 517 g/mol. The van der Waals surface area contributed by atoms with Crippen molar-refractivity contribution in [1.29, 1.82) is 0 Å². The summed E-state index contributed by atoms with van der Waals surface area (Å²) in [4.78, 5) is 26.8. The number of carbonyl (C=O) groups excluding carboxylic acids is 2. The van der Waals surface area contributed by atoms with Gasteiger partial charge in [-0.3, -0.25) is 13.9 Å². The number of likely N-dealkylation sites (N-methyl/N-ethyl adjacent to an activating group) is 1. The van der Waals surface area contributed by atoms with Crippen LogP contribution < -0.4 is 9.62 Å². The van der Waals surface area contributed by atoms with Gasteiger partial charge in [0.25, 0.3) is 0 Å². The molecular weight excluding hydrogens is 494 g/mol. The Balaban J connectivity index is 2.38. The van der Waals surface area contributed by atoms with Gasteiger partial charge >= 0.3 is 0 Å². The Labute approximate surface area is 190 Å². The fourth-order valence-corrected chi connectivity index (χ4v) is 4.31. The molecule has 0 fully saturated rings. The monoisotopic (exact) mass is 515 g/mol. The second-order valence-corrected chi connectivity index (χ2v) is 9.95. The van der Waals surface area contributed by atoms with Gasteiger partial charge in [0.15, 0.2) is 0 Å². The Morgan fingerprint density at radius 1 is 1.17 bits per heavy atom. The van der Waals surface area contributed by atoms with Crippen LogP contribution in [0.5, 0.6) is 0 Å². The maximum absolute atomic E-state index is 13.2. The first-order valence-electron chi connectivity index (χ1n) is 9.01. The fraction of sp³-hybridized carbons (Fsp3) is 0.300. The van der Waals surface area contributed by atoms with Crippen LogP contribution in [-0.2, 0) is 26.2 Å². The van der Waals surface area contributed by atoms with Gasteiger partial charge in [0.05, 0.1) is 11.9 Å². The number of amides is 2. The second kappa shape index (κ2) is 10.3. The average Bonchev–Trinajstić information content (AvgIpc) is 2.68.